The van der Waals surface area contributed by atoms with Gasteiger partial charge in [0, 0.05) is 26.2 Å². The van der Waals surface area contributed by atoms with Gasteiger partial charge in [-0.05, 0) is 19.3 Å². The van der Waals surface area contributed by atoms with Crippen LogP contribution in [0.5, 0.6) is 0 Å². The summed E-state index contributed by atoms with van der Waals surface area (Å²) in [7, 11) is 0. The highest BCUT2D eigenvalue weighted by atomic mass is 16.6. The second kappa shape index (κ2) is 7.59. The van der Waals surface area contributed by atoms with Gasteiger partial charge in [0.2, 0.25) is 5.91 Å². The monoisotopic (exact) mass is 284 g/mol. The highest BCUT2D eigenvalue weighted by Gasteiger charge is 2.30. The summed E-state index contributed by atoms with van der Waals surface area (Å²) in [5.74, 6) is -0.322. The third kappa shape index (κ3) is 4.18. The number of hydrogen-bond donors (Lipinski definition) is 1. The fourth-order valence-corrected chi connectivity index (χ4v) is 2.63. The van der Waals surface area contributed by atoms with Crippen LogP contribution in [0.25, 0.3) is 0 Å². The van der Waals surface area contributed by atoms with E-state index in [-0.39, 0.29) is 24.4 Å². The average Bonchev–Trinajstić information content (AvgIpc) is 2.94. The lowest BCUT2D eigenvalue weighted by molar-refractivity contribution is -0.151. The molecule has 2 atom stereocenters. The Bertz CT molecular complexity index is 340. The van der Waals surface area contributed by atoms with Crippen LogP contribution in [0.1, 0.15) is 32.6 Å². The predicted octanol–water partition coefficient (Wildman–Crippen LogP) is 0.309. The molecule has 2 saturated heterocycles. The quantitative estimate of drug-likeness (QED) is 0.711. The molecule has 2 fully saturated rings. The van der Waals surface area contributed by atoms with Crippen LogP contribution in [-0.2, 0) is 19.1 Å². The standard InChI is InChI=1S/C14H24N2O4/c1-2-6-16-7-5-15-12(14(16)18)9-13(17)20-10-11-4-3-8-19-11/h11-12,15H,2-10H2,1H3. The van der Waals surface area contributed by atoms with Crippen molar-refractivity contribution in [2.45, 2.75) is 44.8 Å². The second-order valence-electron chi connectivity index (χ2n) is 5.35. The number of carbonyl (C=O) groups is 2. The van der Waals surface area contributed by atoms with Gasteiger partial charge in [-0.15, -0.1) is 0 Å². The first kappa shape index (κ1) is 15.3. The minimum absolute atomic E-state index is 0.00664. The van der Waals surface area contributed by atoms with Gasteiger partial charge in [0.1, 0.15) is 6.61 Å². The Kier molecular flexibility index (Phi) is 5.79. The molecular weight excluding hydrogens is 260 g/mol. The number of nitrogens with one attached hydrogen (secondary N) is 1. The van der Waals surface area contributed by atoms with Crippen LogP contribution >= 0.6 is 0 Å². The molecule has 2 rings (SSSR count). The summed E-state index contributed by atoms with van der Waals surface area (Å²) in [6, 6.07) is -0.438. The zero-order valence-corrected chi connectivity index (χ0v) is 12.1. The number of esters is 1. The van der Waals surface area contributed by atoms with Gasteiger partial charge >= 0.3 is 5.97 Å². The average molecular weight is 284 g/mol. The molecule has 2 unspecified atom stereocenters. The Morgan fingerprint density at radius 2 is 2.40 bits per heavy atom. The lowest BCUT2D eigenvalue weighted by Gasteiger charge is -2.32. The molecule has 20 heavy (non-hydrogen) atoms. The van der Waals surface area contributed by atoms with E-state index in [1.165, 1.54) is 0 Å². The highest BCUT2D eigenvalue weighted by Crippen LogP contribution is 2.13. The number of carbonyl (C=O) groups excluding carboxylic acids is 2. The molecule has 6 nitrogen and oxygen atoms in total. The maximum absolute atomic E-state index is 12.1. The molecule has 0 aromatic heterocycles. The van der Waals surface area contributed by atoms with E-state index in [9.17, 15) is 9.59 Å². The van der Waals surface area contributed by atoms with E-state index in [4.69, 9.17) is 9.47 Å². The van der Waals surface area contributed by atoms with Crippen molar-refractivity contribution in [3.05, 3.63) is 0 Å². The van der Waals surface area contributed by atoms with Gasteiger partial charge in [-0.2, -0.15) is 0 Å². The number of hydrogen-bond acceptors (Lipinski definition) is 5. The molecule has 0 aliphatic carbocycles. The molecule has 0 aromatic carbocycles. The van der Waals surface area contributed by atoms with E-state index in [1.807, 2.05) is 11.8 Å². The van der Waals surface area contributed by atoms with Crippen molar-refractivity contribution in [1.82, 2.24) is 10.2 Å². The second-order valence-corrected chi connectivity index (χ2v) is 5.35. The van der Waals surface area contributed by atoms with Gasteiger partial charge in [0.15, 0.2) is 0 Å². The van der Waals surface area contributed by atoms with E-state index in [2.05, 4.69) is 5.32 Å². The van der Waals surface area contributed by atoms with Crippen LogP contribution in [0.15, 0.2) is 0 Å². The smallest absolute Gasteiger partial charge is 0.308 e. The summed E-state index contributed by atoms with van der Waals surface area (Å²) in [4.78, 5) is 25.7. The van der Waals surface area contributed by atoms with Crippen LogP contribution in [0.4, 0.5) is 0 Å². The maximum atomic E-state index is 12.1. The molecular formula is C14H24N2O4. The maximum Gasteiger partial charge on any atom is 0.308 e. The highest BCUT2D eigenvalue weighted by molar-refractivity contribution is 5.87. The molecule has 2 heterocycles. The van der Waals surface area contributed by atoms with Crippen molar-refractivity contribution in [2.75, 3.05) is 32.8 Å². The molecule has 0 saturated carbocycles. The zero-order valence-electron chi connectivity index (χ0n) is 12.1. The molecule has 0 bridgehead atoms. The van der Waals surface area contributed by atoms with Gasteiger partial charge in [-0.1, -0.05) is 6.92 Å². The zero-order chi connectivity index (χ0) is 14.4. The third-order valence-corrected chi connectivity index (χ3v) is 3.70. The molecule has 0 radical (unpaired) electrons. The van der Waals surface area contributed by atoms with Crippen LogP contribution in [0, 0.1) is 0 Å². The van der Waals surface area contributed by atoms with Gasteiger partial charge in [0.05, 0.1) is 18.6 Å². The van der Waals surface area contributed by atoms with Crippen LogP contribution in [0.3, 0.4) is 0 Å². The molecule has 2 aliphatic heterocycles. The fraction of sp³-hybridized carbons (Fsp3) is 0.857. The van der Waals surface area contributed by atoms with Crippen molar-refractivity contribution in [1.29, 1.82) is 0 Å². The van der Waals surface area contributed by atoms with Gasteiger partial charge in [0.25, 0.3) is 0 Å². The Morgan fingerprint density at radius 1 is 1.55 bits per heavy atom. The Labute approximate surface area is 119 Å². The van der Waals surface area contributed by atoms with E-state index < -0.39 is 6.04 Å². The summed E-state index contributed by atoms with van der Waals surface area (Å²) in [5, 5.41) is 3.09. The Morgan fingerprint density at radius 3 is 3.10 bits per heavy atom. The largest absolute Gasteiger partial charge is 0.463 e. The molecule has 6 heteroatoms. The summed E-state index contributed by atoms with van der Waals surface area (Å²) in [6.45, 7) is 5.29. The lowest BCUT2D eigenvalue weighted by atomic mass is 10.1. The molecule has 114 valence electrons. The van der Waals surface area contributed by atoms with Crippen molar-refractivity contribution in [3.63, 3.8) is 0 Å². The Hall–Kier alpha value is -1.14. The summed E-state index contributed by atoms with van der Waals surface area (Å²) >= 11 is 0. The van der Waals surface area contributed by atoms with Crippen LogP contribution < -0.4 is 5.32 Å². The molecule has 0 aromatic rings. The normalized spacial score (nSPS) is 26.9. The van der Waals surface area contributed by atoms with Crippen molar-refractivity contribution >= 4 is 11.9 Å². The third-order valence-electron chi connectivity index (χ3n) is 3.70. The van der Waals surface area contributed by atoms with E-state index in [1.54, 1.807) is 0 Å². The van der Waals surface area contributed by atoms with E-state index in [0.29, 0.717) is 13.2 Å². The van der Waals surface area contributed by atoms with Gasteiger partial charge in [-0.25, -0.2) is 0 Å². The Balaban J connectivity index is 1.73. The SMILES string of the molecule is CCCN1CCNC(CC(=O)OCC2CCCO2)C1=O. The van der Waals surface area contributed by atoms with Crippen molar-refractivity contribution in [2.24, 2.45) is 0 Å². The minimum atomic E-state index is -0.438. The number of nitrogens with zero attached hydrogens (tertiary/aromatic N) is 1. The van der Waals surface area contributed by atoms with Crippen LogP contribution in [0.2, 0.25) is 0 Å². The topological polar surface area (TPSA) is 67.9 Å². The van der Waals surface area contributed by atoms with Crippen molar-refractivity contribution in [3.8, 4) is 0 Å². The first-order valence-electron chi connectivity index (χ1n) is 7.50. The van der Waals surface area contributed by atoms with Crippen LogP contribution in [-0.4, -0.2) is 61.8 Å². The van der Waals surface area contributed by atoms with Gasteiger partial charge in [-0.3, -0.25) is 9.59 Å². The lowest BCUT2D eigenvalue weighted by Crippen LogP contribution is -2.55. The van der Waals surface area contributed by atoms with Crippen molar-refractivity contribution < 1.29 is 19.1 Å². The number of piperazine rings is 1. The summed E-state index contributed by atoms with van der Waals surface area (Å²) < 4.78 is 10.6. The molecule has 2 aliphatic rings. The summed E-state index contributed by atoms with van der Waals surface area (Å²) in [5.41, 5.74) is 0. The number of ether oxygens (including phenoxy) is 2. The predicted molar refractivity (Wildman–Crippen MR) is 73.2 cm³/mol. The first-order valence-corrected chi connectivity index (χ1v) is 7.50. The van der Waals surface area contributed by atoms with Gasteiger partial charge < -0.3 is 19.7 Å². The fourth-order valence-electron chi connectivity index (χ4n) is 2.63. The minimum Gasteiger partial charge on any atom is -0.463 e. The number of amides is 1. The van der Waals surface area contributed by atoms with E-state index in [0.717, 1.165) is 39.0 Å². The first-order chi connectivity index (χ1) is 9.70. The number of rotatable bonds is 6. The van der Waals surface area contributed by atoms with E-state index >= 15 is 0 Å². The molecule has 1 N–H and O–H groups in total. The molecule has 0 spiro atoms. The molecule has 1 amide bonds. The summed E-state index contributed by atoms with van der Waals surface area (Å²) in [6.07, 6.45) is 3.04.